The molecule has 3 rings (SSSR count). The number of carbonyl (C=O) groups excluding carboxylic acids is 3. The fraction of sp³-hybridized carbons (Fsp3) is 0.483. The number of nitrogens with zero attached hydrogens (tertiary/aromatic N) is 3. The van der Waals surface area contributed by atoms with Crippen molar-refractivity contribution in [2.45, 2.75) is 73.7 Å². The van der Waals surface area contributed by atoms with Gasteiger partial charge in [-0.3, -0.25) is 14.9 Å². The zero-order chi connectivity index (χ0) is 34.3. The molecule has 0 heterocycles. The number of halogens is 3. The summed E-state index contributed by atoms with van der Waals surface area (Å²) >= 11 is 1.46. The molecule has 2 aromatic rings. The van der Waals surface area contributed by atoms with Crippen LogP contribution in [0.15, 0.2) is 57.4 Å². The van der Waals surface area contributed by atoms with Crippen molar-refractivity contribution in [1.82, 2.24) is 10.6 Å². The highest BCUT2D eigenvalue weighted by atomic mass is 32.2. The monoisotopic (exact) mass is 684 g/mol. The third-order valence-corrected chi connectivity index (χ3v) is 9.61. The van der Waals surface area contributed by atoms with E-state index >= 15 is 0 Å². The van der Waals surface area contributed by atoms with Gasteiger partial charge in [-0.2, -0.15) is 13.2 Å². The SMILES string of the molecule is CSc1ccc(S(=O)(=O)C[C@@H]2C[C@H](N=[N+]=[N-])CC[C@@H]2NC(=O)CNC(=O)c2cc(C(F)(F)F)ccc2NC(=O)OC(C)(C)C)cc1. The van der Waals surface area contributed by atoms with E-state index in [-0.39, 0.29) is 29.2 Å². The summed E-state index contributed by atoms with van der Waals surface area (Å²) in [5, 5.41) is 11.0. The van der Waals surface area contributed by atoms with E-state index < -0.39 is 75.2 Å². The van der Waals surface area contributed by atoms with Crippen LogP contribution in [-0.4, -0.2) is 62.6 Å². The second-order valence-corrected chi connectivity index (χ2v) is 14.5. The van der Waals surface area contributed by atoms with Crippen LogP contribution in [0.1, 0.15) is 56.0 Å². The Balaban J connectivity index is 1.74. The first-order valence-corrected chi connectivity index (χ1v) is 17.0. The largest absolute Gasteiger partial charge is 0.444 e. The van der Waals surface area contributed by atoms with Crippen LogP contribution in [0.5, 0.6) is 0 Å². The van der Waals surface area contributed by atoms with Crippen LogP contribution in [0.25, 0.3) is 10.4 Å². The number of ether oxygens (including phenoxy) is 1. The number of nitrogens with one attached hydrogen (secondary N) is 3. The van der Waals surface area contributed by atoms with Crippen molar-refractivity contribution >= 4 is 45.2 Å². The van der Waals surface area contributed by atoms with Gasteiger partial charge in [0.2, 0.25) is 5.91 Å². The number of amides is 3. The quantitative estimate of drug-likeness (QED) is 0.120. The maximum Gasteiger partial charge on any atom is 0.416 e. The van der Waals surface area contributed by atoms with E-state index in [2.05, 4.69) is 26.0 Å². The molecule has 12 nitrogen and oxygen atoms in total. The third kappa shape index (κ3) is 10.6. The van der Waals surface area contributed by atoms with Gasteiger partial charge in [0.05, 0.1) is 34.0 Å². The first-order chi connectivity index (χ1) is 21.4. The molecule has 0 spiro atoms. The first kappa shape index (κ1) is 36.5. The van der Waals surface area contributed by atoms with Crippen LogP contribution in [0, 0.1) is 5.92 Å². The number of azide groups is 1. The Morgan fingerprint density at radius 3 is 2.35 bits per heavy atom. The van der Waals surface area contributed by atoms with Crippen molar-refractivity contribution in [2.75, 3.05) is 23.9 Å². The smallest absolute Gasteiger partial charge is 0.416 e. The highest BCUT2D eigenvalue weighted by Gasteiger charge is 2.35. The average molecular weight is 685 g/mol. The molecule has 0 bridgehead atoms. The fourth-order valence-electron chi connectivity index (χ4n) is 4.90. The summed E-state index contributed by atoms with van der Waals surface area (Å²) < 4.78 is 71.9. The third-order valence-electron chi connectivity index (χ3n) is 7.00. The van der Waals surface area contributed by atoms with Gasteiger partial charge >= 0.3 is 12.3 Å². The lowest BCUT2D eigenvalue weighted by molar-refractivity contribution is -0.137. The average Bonchev–Trinajstić information content (AvgIpc) is 2.96. The lowest BCUT2D eigenvalue weighted by Crippen LogP contribution is -2.49. The van der Waals surface area contributed by atoms with Gasteiger partial charge < -0.3 is 15.4 Å². The van der Waals surface area contributed by atoms with Crippen LogP contribution in [0.2, 0.25) is 0 Å². The minimum Gasteiger partial charge on any atom is -0.444 e. The molecule has 0 aromatic heterocycles. The molecule has 250 valence electrons. The van der Waals surface area contributed by atoms with Gasteiger partial charge in [-0.25, -0.2) is 13.2 Å². The molecule has 3 atom stereocenters. The molecule has 46 heavy (non-hydrogen) atoms. The van der Waals surface area contributed by atoms with Crippen LogP contribution in [-0.2, 0) is 25.5 Å². The van der Waals surface area contributed by atoms with Crippen molar-refractivity contribution < 1.29 is 40.7 Å². The van der Waals surface area contributed by atoms with Crippen molar-refractivity contribution in [3.05, 3.63) is 64.0 Å². The number of thioether (sulfide) groups is 1. The van der Waals surface area contributed by atoms with Gasteiger partial charge in [-0.15, -0.1) is 11.8 Å². The first-order valence-electron chi connectivity index (χ1n) is 14.1. The van der Waals surface area contributed by atoms with Gasteiger partial charge in [-0.1, -0.05) is 5.11 Å². The van der Waals surface area contributed by atoms with E-state index in [1.54, 1.807) is 32.9 Å². The lowest BCUT2D eigenvalue weighted by Gasteiger charge is -2.35. The molecule has 1 aliphatic rings. The fourth-order valence-corrected chi connectivity index (χ4v) is 6.98. The maximum atomic E-state index is 13.4. The number of hydrogen-bond acceptors (Lipinski definition) is 8. The molecule has 1 fully saturated rings. The van der Waals surface area contributed by atoms with E-state index in [1.165, 1.54) is 23.9 Å². The Hall–Kier alpha value is -3.95. The molecule has 1 saturated carbocycles. The Morgan fingerprint density at radius 1 is 1.09 bits per heavy atom. The van der Waals surface area contributed by atoms with E-state index in [4.69, 9.17) is 10.3 Å². The second-order valence-electron chi connectivity index (χ2n) is 11.6. The van der Waals surface area contributed by atoms with Gasteiger partial charge in [0.1, 0.15) is 5.60 Å². The number of sulfone groups is 1. The molecule has 0 unspecified atom stereocenters. The molecule has 0 aliphatic heterocycles. The van der Waals surface area contributed by atoms with Crippen molar-refractivity contribution in [3.63, 3.8) is 0 Å². The highest BCUT2D eigenvalue weighted by Crippen LogP contribution is 2.33. The number of carbonyl (C=O) groups is 3. The Labute approximate surface area is 268 Å². The summed E-state index contributed by atoms with van der Waals surface area (Å²) in [4.78, 5) is 42.0. The molecule has 2 aromatic carbocycles. The van der Waals surface area contributed by atoms with Crippen molar-refractivity contribution in [3.8, 4) is 0 Å². The predicted molar refractivity (Wildman–Crippen MR) is 166 cm³/mol. The number of alkyl halides is 3. The number of rotatable bonds is 10. The van der Waals surface area contributed by atoms with Gasteiger partial charge in [0.25, 0.3) is 5.91 Å². The normalized spacial score (nSPS) is 18.5. The second kappa shape index (κ2) is 15.1. The van der Waals surface area contributed by atoms with E-state index in [0.717, 1.165) is 11.0 Å². The Bertz CT molecular complexity index is 1590. The molecule has 0 radical (unpaired) electrons. The maximum absolute atomic E-state index is 13.4. The summed E-state index contributed by atoms with van der Waals surface area (Å²) in [5.74, 6) is -2.78. The highest BCUT2D eigenvalue weighted by molar-refractivity contribution is 7.98. The van der Waals surface area contributed by atoms with Crippen LogP contribution >= 0.6 is 11.8 Å². The molecular weight excluding hydrogens is 649 g/mol. The topological polar surface area (TPSA) is 179 Å². The van der Waals surface area contributed by atoms with Crippen LogP contribution in [0.3, 0.4) is 0 Å². The lowest BCUT2D eigenvalue weighted by atomic mass is 9.83. The van der Waals surface area contributed by atoms with Crippen LogP contribution in [0.4, 0.5) is 23.7 Å². The predicted octanol–water partition coefficient (Wildman–Crippen LogP) is 5.94. The molecule has 17 heteroatoms. The van der Waals surface area contributed by atoms with Gasteiger partial charge in [0, 0.05) is 21.9 Å². The van der Waals surface area contributed by atoms with Gasteiger partial charge in [-0.05, 0) is 100 Å². The number of benzene rings is 2. The summed E-state index contributed by atoms with van der Waals surface area (Å²) in [7, 11) is -3.80. The van der Waals surface area contributed by atoms with Crippen molar-refractivity contribution in [2.24, 2.45) is 11.0 Å². The standard InChI is InChI=1S/C29H35F3N6O6S2/c1-28(2,3)44-27(41)36-24-11-5-18(29(30,31)32)14-22(24)26(40)34-15-25(39)35-23-12-6-19(37-38-33)13-17(23)16-46(42,43)21-9-7-20(45-4)8-10-21/h5,7-11,14,17,19,23H,6,12-13,15-16H2,1-4H3,(H,34,40)(H,35,39)(H,36,41)/t17-,19+,23-/m0/s1. The van der Waals surface area contributed by atoms with Gasteiger partial charge in [0.15, 0.2) is 9.84 Å². The zero-order valence-electron chi connectivity index (χ0n) is 25.6. The Morgan fingerprint density at radius 2 is 1.76 bits per heavy atom. The van der Waals surface area contributed by atoms with E-state index in [1.807, 2.05) is 6.26 Å². The summed E-state index contributed by atoms with van der Waals surface area (Å²) in [5.41, 5.74) is 6.00. The molecule has 3 amide bonds. The summed E-state index contributed by atoms with van der Waals surface area (Å²) in [6, 6.07) is 7.36. The van der Waals surface area contributed by atoms with E-state index in [0.29, 0.717) is 18.6 Å². The van der Waals surface area contributed by atoms with E-state index in [9.17, 15) is 36.0 Å². The Kier molecular flexibility index (Phi) is 12.0. The number of anilines is 1. The molecule has 0 saturated heterocycles. The molecule has 1 aliphatic carbocycles. The van der Waals surface area contributed by atoms with Crippen molar-refractivity contribution in [1.29, 1.82) is 0 Å². The summed E-state index contributed by atoms with van der Waals surface area (Å²) in [6.45, 7) is 4.08. The minimum atomic E-state index is -4.79. The summed E-state index contributed by atoms with van der Waals surface area (Å²) in [6.07, 6.45) is -3.09. The number of hydrogen-bond donors (Lipinski definition) is 3. The molecule has 3 N–H and O–H groups in total. The minimum absolute atomic E-state index is 0.102. The van der Waals surface area contributed by atoms with Crippen LogP contribution < -0.4 is 16.0 Å². The molecular formula is C29H35F3N6O6S2. The zero-order valence-corrected chi connectivity index (χ0v) is 27.2.